The van der Waals surface area contributed by atoms with Crippen LogP contribution in [0.15, 0.2) is 48.5 Å². The molecule has 28 heavy (non-hydrogen) atoms. The monoisotopic (exact) mass is 381 g/mol. The third kappa shape index (κ3) is 4.51. The summed E-state index contributed by atoms with van der Waals surface area (Å²) in [5, 5.41) is 3.00. The molecule has 2 amide bonds. The van der Waals surface area contributed by atoms with Gasteiger partial charge in [0.15, 0.2) is 0 Å². The fraction of sp³-hybridized carbons (Fsp3) is 0.364. The highest BCUT2D eigenvalue weighted by molar-refractivity contribution is 6.06. The fourth-order valence-electron chi connectivity index (χ4n) is 3.31. The van der Waals surface area contributed by atoms with Crippen LogP contribution in [0.25, 0.3) is 0 Å². The second-order valence-electron chi connectivity index (χ2n) is 6.63. The molecule has 0 aromatic heterocycles. The predicted molar refractivity (Wildman–Crippen MR) is 111 cm³/mol. The number of anilines is 2. The van der Waals surface area contributed by atoms with Gasteiger partial charge in [-0.15, -0.1) is 0 Å². The Bertz CT molecular complexity index is 810. The molecular formula is C22H27N3O3. The first-order valence-corrected chi connectivity index (χ1v) is 9.76. The van der Waals surface area contributed by atoms with Crippen molar-refractivity contribution < 1.29 is 14.3 Å². The van der Waals surface area contributed by atoms with Crippen LogP contribution < -0.4 is 10.2 Å². The largest absolute Gasteiger partial charge is 0.378 e. The van der Waals surface area contributed by atoms with E-state index in [2.05, 4.69) is 10.2 Å². The van der Waals surface area contributed by atoms with E-state index in [4.69, 9.17) is 4.74 Å². The Hall–Kier alpha value is -2.86. The van der Waals surface area contributed by atoms with E-state index < -0.39 is 0 Å². The number of nitrogens with one attached hydrogen (secondary N) is 1. The highest BCUT2D eigenvalue weighted by Crippen LogP contribution is 2.26. The first-order chi connectivity index (χ1) is 13.6. The molecule has 148 valence electrons. The van der Waals surface area contributed by atoms with Gasteiger partial charge in [-0.3, -0.25) is 9.59 Å². The third-order valence-electron chi connectivity index (χ3n) is 4.95. The molecule has 0 atom stereocenters. The Morgan fingerprint density at radius 3 is 2.21 bits per heavy atom. The summed E-state index contributed by atoms with van der Waals surface area (Å²) in [5.74, 6) is -0.211. The summed E-state index contributed by atoms with van der Waals surface area (Å²) in [7, 11) is 0. The first-order valence-electron chi connectivity index (χ1n) is 9.76. The van der Waals surface area contributed by atoms with E-state index in [1.54, 1.807) is 29.2 Å². The molecule has 6 nitrogen and oxygen atoms in total. The zero-order chi connectivity index (χ0) is 19.9. The lowest BCUT2D eigenvalue weighted by molar-refractivity contribution is 0.0772. The Balaban J connectivity index is 1.73. The second kappa shape index (κ2) is 9.37. The molecular weight excluding hydrogens is 354 g/mol. The Kier molecular flexibility index (Phi) is 6.66. The van der Waals surface area contributed by atoms with Crippen LogP contribution in [-0.4, -0.2) is 56.1 Å². The van der Waals surface area contributed by atoms with Gasteiger partial charge in [0.1, 0.15) is 0 Å². The first kappa shape index (κ1) is 19.9. The molecule has 3 rings (SSSR count). The van der Waals surface area contributed by atoms with Crippen molar-refractivity contribution in [3.63, 3.8) is 0 Å². The van der Waals surface area contributed by atoms with Crippen molar-refractivity contribution in [3.8, 4) is 0 Å². The van der Waals surface area contributed by atoms with E-state index in [0.29, 0.717) is 37.4 Å². The lowest BCUT2D eigenvalue weighted by atomic mass is 10.1. The van der Waals surface area contributed by atoms with Crippen molar-refractivity contribution in [2.45, 2.75) is 13.8 Å². The van der Waals surface area contributed by atoms with Crippen molar-refractivity contribution in [1.82, 2.24) is 4.90 Å². The van der Waals surface area contributed by atoms with Crippen molar-refractivity contribution in [1.29, 1.82) is 0 Å². The van der Waals surface area contributed by atoms with Crippen molar-refractivity contribution >= 4 is 23.2 Å². The zero-order valence-electron chi connectivity index (χ0n) is 16.5. The Morgan fingerprint density at radius 2 is 1.57 bits per heavy atom. The second-order valence-corrected chi connectivity index (χ2v) is 6.63. The quantitative estimate of drug-likeness (QED) is 0.834. The number of benzene rings is 2. The van der Waals surface area contributed by atoms with Gasteiger partial charge in [0.25, 0.3) is 11.8 Å². The summed E-state index contributed by atoms with van der Waals surface area (Å²) in [5.41, 5.74) is 2.88. The summed E-state index contributed by atoms with van der Waals surface area (Å²) in [6.07, 6.45) is 0. The number of amides is 2. The van der Waals surface area contributed by atoms with Gasteiger partial charge in [0.05, 0.1) is 24.6 Å². The van der Waals surface area contributed by atoms with E-state index in [0.717, 1.165) is 24.5 Å². The number of rotatable bonds is 6. The summed E-state index contributed by atoms with van der Waals surface area (Å²) < 4.78 is 5.41. The van der Waals surface area contributed by atoms with E-state index >= 15 is 0 Å². The maximum absolute atomic E-state index is 12.7. The number of ether oxygens (including phenoxy) is 1. The van der Waals surface area contributed by atoms with E-state index in [1.807, 2.05) is 38.1 Å². The Morgan fingerprint density at radius 1 is 0.964 bits per heavy atom. The molecule has 6 heteroatoms. The number of morpholine rings is 1. The van der Waals surface area contributed by atoms with Crippen molar-refractivity contribution in [2.24, 2.45) is 0 Å². The van der Waals surface area contributed by atoms with Gasteiger partial charge >= 0.3 is 0 Å². The molecule has 1 N–H and O–H groups in total. The maximum atomic E-state index is 12.7. The molecule has 1 saturated heterocycles. The topological polar surface area (TPSA) is 61.9 Å². The molecule has 2 aromatic rings. The van der Waals surface area contributed by atoms with Gasteiger partial charge < -0.3 is 19.9 Å². The minimum Gasteiger partial charge on any atom is -0.378 e. The van der Waals surface area contributed by atoms with Crippen LogP contribution in [0, 0.1) is 0 Å². The number of carbonyl (C=O) groups is 2. The van der Waals surface area contributed by atoms with Gasteiger partial charge in [-0.1, -0.05) is 12.1 Å². The lowest BCUT2D eigenvalue weighted by Crippen LogP contribution is -2.36. The zero-order valence-corrected chi connectivity index (χ0v) is 16.5. The van der Waals surface area contributed by atoms with Crippen LogP contribution in [0.2, 0.25) is 0 Å². The molecule has 1 heterocycles. The smallest absolute Gasteiger partial charge is 0.255 e. The number of hydrogen-bond acceptors (Lipinski definition) is 4. The highest BCUT2D eigenvalue weighted by Gasteiger charge is 2.17. The maximum Gasteiger partial charge on any atom is 0.255 e. The van der Waals surface area contributed by atoms with Gasteiger partial charge in [0.2, 0.25) is 0 Å². The van der Waals surface area contributed by atoms with E-state index in [-0.39, 0.29) is 11.8 Å². The third-order valence-corrected chi connectivity index (χ3v) is 4.95. The molecule has 1 fully saturated rings. The van der Waals surface area contributed by atoms with E-state index in [1.165, 1.54) is 0 Å². The molecule has 0 saturated carbocycles. The van der Waals surface area contributed by atoms with Crippen LogP contribution in [0.3, 0.4) is 0 Å². The SMILES string of the molecule is CCN(CC)C(=O)c1ccc(C(=O)Nc2ccccc2N2CCOCC2)cc1. The van der Waals surface area contributed by atoms with Gasteiger partial charge in [0, 0.05) is 37.3 Å². The molecule has 1 aliphatic rings. The standard InChI is InChI=1S/C22H27N3O3/c1-3-24(4-2)22(27)18-11-9-17(10-12-18)21(26)23-19-7-5-6-8-20(19)25-13-15-28-16-14-25/h5-12H,3-4,13-16H2,1-2H3,(H,23,26). The van der Waals surface area contributed by atoms with Crippen LogP contribution in [-0.2, 0) is 4.74 Å². The Labute approximate surface area is 166 Å². The normalized spacial score (nSPS) is 13.9. The summed E-state index contributed by atoms with van der Waals surface area (Å²) in [4.78, 5) is 29.1. The van der Waals surface area contributed by atoms with Crippen LogP contribution >= 0.6 is 0 Å². The fourth-order valence-corrected chi connectivity index (χ4v) is 3.31. The number of hydrogen-bond donors (Lipinski definition) is 1. The average molecular weight is 381 g/mol. The molecule has 2 aromatic carbocycles. The molecule has 0 bridgehead atoms. The molecule has 0 unspecified atom stereocenters. The van der Waals surface area contributed by atoms with Gasteiger partial charge in [-0.05, 0) is 50.2 Å². The van der Waals surface area contributed by atoms with Crippen LogP contribution in [0.1, 0.15) is 34.6 Å². The molecule has 0 aliphatic carbocycles. The van der Waals surface area contributed by atoms with Crippen molar-refractivity contribution in [2.75, 3.05) is 49.6 Å². The van der Waals surface area contributed by atoms with Crippen molar-refractivity contribution in [3.05, 3.63) is 59.7 Å². The lowest BCUT2D eigenvalue weighted by Gasteiger charge is -2.30. The minimum atomic E-state index is -0.192. The summed E-state index contributed by atoms with van der Waals surface area (Å²) in [6.45, 7) is 8.20. The van der Waals surface area contributed by atoms with Crippen LogP contribution in [0.4, 0.5) is 11.4 Å². The average Bonchev–Trinajstić information content (AvgIpc) is 2.75. The minimum absolute atomic E-state index is 0.0189. The molecule has 1 aliphatic heterocycles. The van der Waals surface area contributed by atoms with Gasteiger partial charge in [-0.25, -0.2) is 0 Å². The van der Waals surface area contributed by atoms with Gasteiger partial charge in [-0.2, -0.15) is 0 Å². The predicted octanol–water partition coefficient (Wildman–Crippen LogP) is 3.26. The molecule has 0 radical (unpaired) electrons. The number of carbonyl (C=O) groups excluding carboxylic acids is 2. The number of para-hydroxylation sites is 2. The summed E-state index contributed by atoms with van der Waals surface area (Å²) in [6, 6.07) is 14.6. The highest BCUT2D eigenvalue weighted by atomic mass is 16.5. The molecule has 0 spiro atoms. The van der Waals surface area contributed by atoms with Crippen LogP contribution in [0.5, 0.6) is 0 Å². The van der Waals surface area contributed by atoms with E-state index in [9.17, 15) is 9.59 Å². The number of nitrogens with zero attached hydrogens (tertiary/aromatic N) is 2. The summed E-state index contributed by atoms with van der Waals surface area (Å²) >= 11 is 0.